The van der Waals surface area contributed by atoms with Crippen LogP contribution in [0.3, 0.4) is 0 Å². The second-order valence-corrected chi connectivity index (χ2v) is 7.80. The first-order chi connectivity index (χ1) is 15.0. The summed E-state index contributed by atoms with van der Waals surface area (Å²) >= 11 is 11.9. The summed E-state index contributed by atoms with van der Waals surface area (Å²) < 4.78 is 7.50. The van der Waals surface area contributed by atoms with Gasteiger partial charge in [-0.3, -0.25) is 9.48 Å². The minimum Gasteiger partial charge on any atom is -0.489 e. The monoisotopic (exact) mass is 451 g/mol. The predicted octanol–water partition coefficient (Wildman–Crippen LogP) is 6.07. The Bertz CT molecular complexity index is 1190. The third-order valence-corrected chi connectivity index (χ3v) is 5.01. The molecule has 1 N–H and O–H groups in total. The molecule has 0 bridgehead atoms. The van der Waals surface area contributed by atoms with Gasteiger partial charge < -0.3 is 10.1 Å². The lowest BCUT2D eigenvalue weighted by atomic mass is 10.1. The van der Waals surface area contributed by atoms with Crippen molar-refractivity contribution in [3.63, 3.8) is 0 Å². The number of nitrogens with zero attached hydrogens (tertiary/aromatic N) is 2. The van der Waals surface area contributed by atoms with E-state index in [0.717, 1.165) is 11.1 Å². The van der Waals surface area contributed by atoms with E-state index in [0.29, 0.717) is 40.3 Å². The number of carbonyl (C=O) groups excluding carboxylic acids is 1. The van der Waals surface area contributed by atoms with Gasteiger partial charge in [-0.1, -0.05) is 47.5 Å². The van der Waals surface area contributed by atoms with Crippen LogP contribution in [-0.2, 0) is 13.2 Å². The standard InChI is InChI=1S/C24H19Cl2N3O2/c25-20-7-9-22(10-8-20)31-16-18-4-1-5-19(13-18)24(30)27-23-11-12-29(28-23)15-17-3-2-6-21(26)14-17/h1-14H,15-16H2,(H,27,28,30). The molecule has 0 saturated heterocycles. The van der Waals surface area contributed by atoms with E-state index in [1.54, 1.807) is 47.1 Å². The van der Waals surface area contributed by atoms with Crippen molar-refractivity contribution in [2.45, 2.75) is 13.2 Å². The average Bonchev–Trinajstić information content (AvgIpc) is 3.20. The molecular formula is C24H19Cl2N3O2. The summed E-state index contributed by atoms with van der Waals surface area (Å²) in [5.41, 5.74) is 2.44. The largest absolute Gasteiger partial charge is 0.489 e. The number of carbonyl (C=O) groups is 1. The van der Waals surface area contributed by atoms with Crippen LogP contribution in [0.2, 0.25) is 10.0 Å². The molecule has 4 aromatic rings. The van der Waals surface area contributed by atoms with Crippen molar-refractivity contribution >= 4 is 34.9 Å². The first-order valence-electron chi connectivity index (χ1n) is 9.62. The predicted molar refractivity (Wildman–Crippen MR) is 123 cm³/mol. The van der Waals surface area contributed by atoms with Crippen molar-refractivity contribution in [1.82, 2.24) is 9.78 Å². The quantitative estimate of drug-likeness (QED) is 0.370. The van der Waals surface area contributed by atoms with E-state index in [9.17, 15) is 4.79 Å². The summed E-state index contributed by atoms with van der Waals surface area (Å²) in [6.45, 7) is 0.908. The molecular weight excluding hydrogens is 433 g/mol. The maximum Gasteiger partial charge on any atom is 0.256 e. The van der Waals surface area contributed by atoms with Crippen LogP contribution in [0.15, 0.2) is 85.1 Å². The second kappa shape index (κ2) is 9.69. The number of halogens is 2. The van der Waals surface area contributed by atoms with E-state index in [2.05, 4.69) is 10.4 Å². The lowest BCUT2D eigenvalue weighted by Gasteiger charge is -2.08. The lowest BCUT2D eigenvalue weighted by Crippen LogP contribution is -2.13. The van der Waals surface area contributed by atoms with Crippen LogP contribution in [0.25, 0.3) is 0 Å². The van der Waals surface area contributed by atoms with Crippen LogP contribution in [0.5, 0.6) is 5.75 Å². The zero-order valence-corrected chi connectivity index (χ0v) is 18.0. The SMILES string of the molecule is O=C(Nc1ccn(Cc2cccc(Cl)c2)n1)c1cccc(COc2ccc(Cl)cc2)c1. The molecule has 5 nitrogen and oxygen atoms in total. The van der Waals surface area contributed by atoms with E-state index >= 15 is 0 Å². The van der Waals surface area contributed by atoms with E-state index in [1.165, 1.54) is 0 Å². The summed E-state index contributed by atoms with van der Waals surface area (Å²) in [5.74, 6) is 0.959. The molecule has 3 aromatic carbocycles. The van der Waals surface area contributed by atoms with Crippen LogP contribution in [0.1, 0.15) is 21.5 Å². The van der Waals surface area contributed by atoms with Gasteiger partial charge in [0.1, 0.15) is 12.4 Å². The minimum absolute atomic E-state index is 0.235. The molecule has 1 aromatic heterocycles. The van der Waals surface area contributed by atoms with Gasteiger partial charge in [-0.2, -0.15) is 5.10 Å². The first kappa shape index (κ1) is 21.0. The topological polar surface area (TPSA) is 56.2 Å². The second-order valence-electron chi connectivity index (χ2n) is 6.93. The highest BCUT2D eigenvalue weighted by Gasteiger charge is 2.09. The number of rotatable bonds is 7. The molecule has 156 valence electrons. The van der Waals surface area contributed by atoms with Crippen LogP contribution < -0.4 is 10.1 Å². The highest BCUT2D eigenvalue weighted by atomic mass is 35.5. The maximum absolute atomic E-state index is 12.7. The lowest BCUT2D eigenvalue weighted by molar-refractivity contribution is 0.102. The molecule has 1 heterocycles. The Hall–Kier alpha value is -3.28. The minimum atomic E-state index is -0.235. The zero-order valence-electron chi connectivity index (χ0n) is 16.5. The average molecular weight is 452 g/mol. The maximum atomic E-state index is 12.7. The molecule has 0 radical (unpaired) electrons. The van der Waals surface area contributed by atoms with E-state index in [4.69, 9.17) is 27.9 Å². The summed E-state index contributed by atoms with van der Waals surface area (Å²) in [7, 11) is 0. The van der Waals surface area contributed by atoms with Crippen LogP contribution in [0, 0.1) is 0 Å². The van der Waals surface area contributed by atoms with E-state index in [-0.39, 0.29) is 5.91 Å². The van der Waals surface area contributed by atoms with Gasteiger partial charge >= 0.3 is 0 Å². The fraction of sp³-hybridized carbons (Fsp3) is 0.0833. The number of hydrogen-bond acceptors (Lipinski definition) is 3. The molecule has 0 aliphatic rings. The Balaban J connectivity index is 1.37. The molecule has 0 atom stereocenters. The van der Waals surface area contributed by atoms with Crippen LogP contribution in [0.4, 0.5) is 5.82 Å². The van der Waals surface area contributed by atoms with Gasteiger partial charge in [-0.15, -0.1) is 0 Å². The number of aromatic nitrogens is 2. The fourth-order valence-corrected chi connectivity index (χ4v) is 3.37. The fourth-order valence-electron chi connectivity index (χ4n) is 3.03. The Morgan fingerprint density at radius 1 is 0.903 bits per heavy atom. The summed E-state index contributed by atoms with van der Waals surface area (Å²) in [5, 5.41) is 8.58. The molecule has 0 unspecified atom stereocenters. The van der Waals surface area contributed by atoms with E-state index in [1.807, 2.05) is 42.6 Å². The summed E-state index contributed by atoms with van der Waals surface area (Å²) in [4.78, 5) is 12.7. The number of amides is 1. The van der Waals surface area contributed by atoms with Gasteiger partial charge in [0.15, 0.2) is 5.82 Å². The third-order valence-electron chi connectivity index (χ3n) is 4.52. The third kappa shape index (κ3) is 5.87. The molecule has 0 aliphatic carbocycles. The molecule has 0 spiro atoms. The van der Waals surface area contributed by atoms with Gasteiger partial charge in [-0.05, 0) is 59.7 Å². The highest BCUT2D eigenvalue weighted by molar-refractivity contribution is 6.30. The van der Waals surface area contributed by atoms with Crippen molar-refractivity contribution < 1.29 is 9.53 Å². The molecule has 0 saturated carbocycles. The van der Waals surface area contributed by atoms with Gasteiger partial charge in [-0.25, -0.2) is 0 Å². The normalized spacial score (nSPS) is 10.6. The van der Waals surface area contributed by atoms with Crippen molar-refractivity contribution in [1.29, 1.82) is 0 Å². The van der Waals surface area contributed by atoms with Crippen LogP contribution in [-0.4, -0.2) is 15.7 Å². The smallest absolute Gasteiger partial charge is 0.256 e. The number of ether oxygens (including phenoxy) is 1. The molecule has 4 rings (SSSR count). The van der Waals surface area contributed by atoms with Crippen molar-refractivity contribution in [2.75, 3.05) is 5.32 Å². The molecule has 7 heteroatoms. The van der Waals surface area contributed by atoms with Crippen molar-refractivity contribution in [3.8, 4) is 5.75 Å². The summed E-state index contributed by atoms with van der Waals surface area (Å²) in [6.07, 6.45) is 1.81. The molecule has 31 heavy (non-hydrogen) atoms. The molecule has 0 aliphatic heterocycles. The Morgan fingerprint density at radius 2 is 1.68 bits per heavy atom. The van der Waals surface area contributed by atoms with Gasteiger partial charge in [0.05, 0.1) is 6.54 Å². The number of nitrogens with one attached hydrogen (secondary N) is 1. The number of benzene rings is 3. The van der Waals surface area contributed by atoms with Gasteiger partial charge in [0, 0.05) is 27.9 Å². The zero-order chi connectivity index (χ0) is 21.6. The Labute approximate surface area is 190 Å². The van der Waals surface area contributed by atoms with Crippen LogP contribution >= 0.6 is 23.2 Å². The molecule has 1 amide bonds. The van der Waals surface area contributed by atoms with Crippen molar-refractivity contribution in [2.24, 2.45) is 0 Å². The Morgan fingerprint density at radius 3 is 2.48 bits per heavy atom. The highest BCUT2D eigenvalue weighted by Crippen LogP contribution is 2.18. The van der Waals surface area contributed by atoms with Gasteiger partial charge in [0.2, 0.25) is 0 Å². The van der Waals surface area contributed by atoms with Gasteiger partial charge in [0.25, 0.3) is 5.91 Å². The number of anilines is 1. The Kier molecular flexibility index (Phi) is 6.55. The van der Waals surface area contributed by atoms with Crippen molar-refractivity contribution in [3.05, 3.63) is 112 Å². The first-order valence-corrected chi connectivity index (χ1v) is 10.4. The molecule has 0 fully saturated rings. The van der Waals surface area contributed by atoms with E-state index < -0.39 is 0 Å². The number of hydrogen-bond donors (Lipinski definition) is 1. The summed E-state index contributed by atoms with van der Waals surface area (Å²) in [6, 6.07) is 23.8.